The van der Waals surface area contributed by atoms with Gasteiger partial charge in [0.15, 0.2) is 0 Å². The van der Waals surface area contributed by atoms with Crippen molar-refractivity contribution in [1.82, 2.24) is 10.9 Å². The molecule has 0 aromatic carbocycles. The van der Waals surface area contributed by atoms with Crippen LogP contribution in [-0.2, 0) is 4.79 Å². The van der Waals surface area contributed by atoms with E-state index >= 15 is 0 Å². The molecule has 1 saturated heterocycles. The molecule has 8 heavy (non-hydrogen) atoms. The van der Waals surface area contributed by atoms with E-state index in [0.717, 1.165) is 12.8 Å². The number of hydrogen-bond donors (Lipinski definition) is 2. The van der Waals surface area contributed by atoms with Crippen LogP contribution in [0.4, 0.5) is 0 Å². The normalized spacial score (nSPS) is 31.8. The fraction of sp³-hybridized carbons (Fsp3) is 0.800. The summed E-state index contributed by atoms with van der Waals surface area (Å²) in [4.78, 5) is 10.6. The number of carbonyl (C=O) groups excluding carboxylic acids is 1. The average molecular weight is 112 g/mol. The lowest BCUT2D eigenvalue weighted by Crippen LogP contribution is -2.11. The zero-order valence-electron chi connectivity index (χ0n) is 4.53. The lowest BCUT2D eigenvalue weighted by atomic mass is 10.2. The van der Waals surface area contributed by atoms with Crippen molar-refractivity contribution in [2.75, 3.05) is 0 Å². The molecule has 0 radical (unpaired) electrons. The maximum Gasteiger partial charge on any atom is 0.136 e. The average Bonchev–Trinajstić information content (AvgIpc) is 2.34. The molecule has 0 amide bonds. The van der Waals surface area contributed by atoms with E-state index in [0.29, 0.717) is 12.2 Å². The molecule has 1 spiro atoms. The summed E-state index contributed by atoms with van der Waals surface area (Å²) in [6.45, 7) is 0. The van der Waals surface area contributed by atoms with E-state index in [9.17, 15) is 4.79 Å². The van der Waals surface area contributed by atoms with Gasteiger partial charge in [-0.05, 0) is 6.42 Å². The highest BCUT2D eigenvalue weighted by Crippen LogP contribution is 2.29. The standard InChI is InChI=1S/C5H8N2O/c8-4-1-2-5(3-4)6-7-5/h6-7H,1-3H2. The maximum atomic E-state index is 10.6. The fourth-order valence-electron chi connectivity index (χ4n) is 1.17. The predicted molar refractivity (Wildman–Crippen MR) is 27.9 cm³/mol. The Morgan fingerprint density at radius 1 is 1.50 bits per heavy atom. The van der Waals surface area contributed by atoms with Gasteiger partial charge in [-0.15, -0.1) is 0 Å². The number of Topliss-reactive ketones (excluding diaryl/α,β-unsaturated/α-hetero) is 1. The number of carbonyl (C=O) groups is 1. The number of hydrazine groups is 1. The Morgan fingerprint density at radius 2 is 2.25 bits per heavy atom. The Hall–Kier alpha value is -0.410. The zero-order valence-corrected chi connectivity index (χ0v) is 4.53. The molecule has 2 aliphatic rings. The first-order chi connectivity index (χ1) is 3.81. The molecule has 3 nitrogen and oxygen atoms in total. The van der Waals surface area contributed by atoms with Gasteiger partial charge < -0.3 is 0 Å². The van der Waals surface area contributed by atoms with Gasteiger partial charge in [0.05, 0.1) is 0 Å². The second kappa shape index (κ2) is 1.11. The molecule has 1 aliphatic carbocycles. The van der Waals surface area contributed by atoms with Crippen LogP contribution in [0.3, 0.4) is 0 Å². The van der Waals surface area contributed by atoms with E-state index in [1.54, 1.807) is 0 Å². The summed E-state index contributed by atoms with van der Waals surface area (Å²) in [5.74, 6) is 0.377. The van der Waals surface area contributed by atoms with Crippen molar-refractivity contribution >= 4 is 5.78 Å². The van der Waals surface area contributed by atoms with E-state index in [-0.39, 0.29) is 5.66 Å². The van der Waals surface area contributed by atoms with Crippen molar-refractivity contribution in [3.63, 3.8) is 0 Å². The van der Waals surface area contributed by atoms with Crippen LogP contribution in [0.2, 0.25) is 0 Å². The minimum Gasteiger partial charge on any atom is -0.300 e. The predicted octanol–water partition coefficient (Wildman–Crippen LogP) is -0.457. The third kappa shape index (κ3) is 0.485. The Kier molecular flexibility index (Phi) is 0.623. The van der Waals surface area contributed by atoms with Crippen molar-refractivity contribution in [3.05, 3.63) is 0 Å². The van der Waals surface area contributed by atoms with Crippen LogP contribution in [0.5, 0.6) is 0 Å². The molecule has 2 N–H and O–H groups in total. The van der Waals surface area contributed by atoms with Gasteiger partial charge in [-0.1, -0.05) is 0 Å². The van der Waals surface area contributed by atoms with Gasteiger partial charge in [-0.3, -0.25) is 4.79 Å². The molecule has 1 saturated carbocycles. The van der Waals surface area contributed by atoms with Gasteiger partial charge >= 0.3 is 0 Å². The van der Waals surface area contributed by atoms with Crippen molar-refractivity contribution < 1.29 is 4.79 Å². The third-order valence-corrected chi connectivity index (χ3v) is 1.81. The third-order valence-electron chi connectivity index (χ3n) is 1.81. The lowest BCUT2D eigenvalue weighted by Gasteiger charge is -1.91. The van der Waals surface area contributed by atoms with E-state index in [1.165, 1.54) is 0 Å². The molecular weight excluding hydrogens is 104 g/mol. The first-order valence-electron chi connectivity index (χ1n) is 2.87. The van der Waals surface area contributed by atoms with Crippen LogP contribution in [0.1, 0.15) is 19.3 Å². The van der Waals surface area contributed by atoms with Gasteiger partial charge in [-0.2, -0.15) is 0 Å². The maximum absolute atomic E-state index is 10.6. The van der Waals surface area contributed by atoms with Crippen molar-refractivity contribution in [2.24, 2.45) is 0 Å². The largest absolute Gasteiger partial charge is 0.300 e. The summed E-state index contributed by atoms with van der Waals surface area (Å²) in [7, 11) is 0. The number of hydrogen-bond acceptors (Lipinski definition) is 3. The van der Waals surface area contributed by atoms with Crippen LogP contribution in [0, 0.1) is 0 Å². The first-order valence-corrected chi connectivity index (χ1v) is 2.87. The highest BCUT2D eigenvalue weighted by Gasteiger charge is 2.47. The van der Waals surface area contributed by atoms with E-state index in [1.807, 2.05) is 0 Å². The topological polar surface area (TPSA) is 61.0 Å². The van der Waals surface area contributed by atoms with Crippen molar-refractivity contribution in [1.29, 1.82) is 0 Å². The second-order valence-corrected chi connectivity index (χ2v) is 2.55. The smallest absolute Gasteiger partial charge is 0.136 e. The van der Waals surface area contributed by atoms with Gasteiger partial charge in [0.25, 0.3) is 0 Å². The molecule has 3 heteroatoms. The minimum absolute atomic E-state index is 0.0666. The SMILES string of the molecule is O=C1CCC2(C1)NN2. The fourth-order valence-corrected chi connectivity index (χ4v) is 1.17. The molecule has 0 unspecified atom stereocenters. The highest BCUT2D eigenvalue weighted by atomic mass is 16.1. The summed E-state index contributed by atoms with van der Waals surface area (Å²) in [5.41, 5.74) is 6.01. The summed E-state index contributed by atoms with van der Waals surface area (Å²) >= 11 is 0. The van der Waals surface area contributed by atoms with Crippen LogP contribution in [-0.4, -0.2) is 11.4 Å². The summed E-state index contributed by atoms with van der Waals surface area (Å²) in [6, 6.07) is 0. The van der Waals surface area contributed by atoms with Gasteiger partial charge in [-0.25, -0.2) is 10.9 Å². The Balaban J connectivity index is 2.13. The molecular formula is C5H8N2O. The van der Waals surface area contributed by atoms with E-state index in [2.05, 4.69) is 10.9 Å². The Labute approximate surface area is 47.4 Å². The molecule has 44 valence electrons. The van der Waals surface area contributed by atoms with Gasteiger partial charge in [0.2, 0.25) is 0 Å². The van der Waals surface area contributed by atoms with Crippen LogP contribution >= 0.6 is 0 Å². The second-order valence-electron chi connectivity index (χ2n) is 2.55. The molecule has 2 fully saturated rings. The Bertz CT molecular complexity index is 139. The number of ketones is 1. The van der Waals surface area contributed by atoms with Crippen molar-refractivity contribution in [2.45, 2.75) is 24.9 Å². The molecule has 1 aliphatic heterocycles. The lowest BCUT2D eigenvalue weighted by molar-refractivity contribution is -0.117. The first kappa shape index (κ1) is 4.47. The molecule has 2 rings (SSSR count). The van der Waals surface area contributed by atoms with Crippen LogP contribution in [0.25, 0.3) is 0 Å². The van der Waals surface area contributed by atoms with E-state index < -0.39 is 0 Å². The molecule has 0 atom stereocenters. The summed E-state index contributed by atoms with van der Waals surface area (Å²) < 4.78 is 0. The van der Waals surface area contributed by atoms with Gasteiger partial charge in [0.1, 0.15) is 11.4 Å². The van der Waals surface area contributed by atoms with Crippen LogP contribution in [0.15, 0.2) is 0 Å². The molecule has 0 aromatic heterocycles. The minimum atomic E-state index is 0.0666. The summed E-state index contributed by atoms with van der Waals surface area (Å²) in [6.07, 6.45) is 2.42. The van der Waals surface area contributed by atoms with E-state index in [4.69, 9.17) is 0 Å². The molecule has 0 bridgehead atoms. The van der Waals surface area contributed by atoms with Crippen molar-refractivity contribution in [3.8, 4) is 0 Å². The molecule has 0 aromatic rings. The quantitative estimate of drug-likeness (QED) is 0.417. The highest BCUT2D eigenvalue weighted by molar-refractivity contribution is 5.82. The van der Waals surface area contributed by atoms with Crippen LogP contribution < -0.4 is 10.9 Å². The van der Waals surface area contributed by atoms with Gasteiger partial charge in [0, 0.05) is 12.8 Å². The monoisotopic (exact) mass is 112 g/mol. The number of nitrogens with one attached hydrogen (secondary N) is 2. The summed E-state index contributed by atoms with van der Waals surface area (Å²) in [5, 5.41) is 0. The number of rotatable bonds is 0. The zero-order chi connectivity index (χ0) is 5.61. The molecule has 1 heterocycles. The Morgan fingerprint density at radius 3 is 2.50 bits per heavy atom.